The Bertz CT molecular complexity index is 224. The van der Waals surface area contributed by atoms with Gasteiger partial charge in [0.2, 0.25) is 0 Å². The summed E-state index contributed by atoms with van der Waals surface area (Å²) < 4.78 is 0. The first-order valence-corrected chi connectivity index (χ1v) is 5.68. The minimum absolute atomic E-state index is 0.0161. The molecule has 80 valence electrons. The number of hydrogen-bond acceptors (Lipinski definition) is 1. The van der Waals surface area contributed by atoms with Crippen LogP contribution in [0.3, 0.4) is 0 Å². The van der Waals surface area contributed by atoms with Crippen LogP contribution in [0.2, 0.25) is 0 Å². The van der Waals surface area contributed by atoms with Crippen molar-refractivity contribution < 1.29 is 5.11 Å². The molecule has 0 aromatic rings. The van der Waals surface area contributed by atoms with Crippen molar-refractivity contribution in [1.82, 2.24) is 0 Å². The third-order valence-corrected chi connectivity index (χ3v) is 2.85. The second-order valence-electron chi connectivity index (χ2n) is 5.04. The van der Waals surface area contributed by atoms with Gasteiger partial charge in [0.15, 0.2) is 0 Å². The van der Waals surface area contributed by atoms with Gasteiger partial charge in [-0.2, -0.15) is 0 Å². The molecule has 0 aromatic carbocycles. The minimum atomic E-state index is 0.0161. The molecule has 14 heavy (non-hydrogen) atoms. The van der Waals surface area contributed by atoms with E-state index in [4.69, 9.17) is 5.11 Å². The monoisotopic (exact) mass is 194 g/mol. The smallest absolute Gasteiger partial charge is 0.0485 e. The van der Waals surface area contributed by atoms with Gasteiger partial charge in [-0.25, -0.2) is 0 Å². The highest BCUT2D eigenvalue weighted by Gasteiger charge is 2.13. The minimum Gasteiger partial charge on any atom is -0.396 e. The van der Waals surface area contributed by atoms with E-state index in [-0.39, 0.29) is 12.0 Å². The zero-order valence-electron chi connectivity index (χ0n) is 9.47. The second-order valence-corrected chi connectivity index (χ2v) is 5.04. The molecule has 1 heteroatoms. The van der Waals surface area contributed by atoms with Gasteiger partial charge in [-0.1, -0.05) is 20.3 Å². The Labute approximate surface area is 87.5 Å². The summed E-state index contributed by atoms with van der Waals surface area (Å²) in [5.74, 6) is 0. The van der Waals surface area contributed by atoms with E-state index in [1.54, 1.807) is 0 Å². The topological polar surface area (TPSA) is 20.2 Å². The number of aliphatic hydroxyl groups is 1. The summed E-state index contributed by atoms with van der Waals surface area (Å²) in [6.07, 6.45) is 9.54. The molecule has 0 radical (unpaired) electrons. The first-order valence-electron chi connectivity index (χ1n) is 5.68. The quantitative estimate of drug-likeness (QED) is 0.682. The van der Waals surface area contributed by atoms with Gasteiger partial charge in [0, 0.05) is 6.61 Å². The van der Waals surface area contributed by atoms with Crippen LogP contribution < -0.4 is 0 Å². The van der Waals surface area contributed by atoms with Gasteiger partial charge in [0.1, 0.15) is 0 Å². The van der Waals surface area contributed by atoms with E-state index in [1.807, 2.05) is 0 Å². The molecule has 1 fully saturated rings. The molecule has 0 saturated heterocycles. The van der Waals surface area contributed by atoms with E-state index in [0.717, 1.165) is 6.42 Å². The number of rotatable bonds is 3. The summed E-state index contributed by atoms with van der Waals surface area (Å²) in [7, 11) is 0. The standard InChI is InChI=1S/C13H22O/c1-13(2,11-14)10-6-9-12-7-4-3-5-8-12/h6,14H,3-5,7-8,10-11H2,1-2H3. The van der Waals surface area contributed by atoms with Crippen molar-refractivity contribution in [2.24, 2.45) is 5.41 Å². The summed E-state index contributed by atoms with van der Waals surface area (Å²) in [6, 6.07) is 0. The van der Waals surface area contributed by atoms with Gasteiger partial charge in [-0.05, 0) is 49.2 Å². The Morgan fingerprint density at radius 2 is 1.93 bits per heavy atom. The molecule has 0 aliphatic heterocycles. The molecular weight excluding hydrogens is 172 g/mol. The summed E-state index contributed by atoms with van der Waals surface area (Å²) in [4.78, 5) is 0. The van der Waals surface area contributed by atoms with Crippen LogP contribution in [0, 0.1) is 5.41 Å². The number of allylic oxidation sites excluding steroid dienone is 1. The average molecular weight is 194 g/mol. The van der Waals surface area contributed by atoms with Gasteiger partial charge in [0.25, 0.3) is 0 Å². The predicted molar refractivity (Wildman–Crippen MR) is 60.2 cm³/mol. The molecule has 0 amide bonds. The maximum atomic E-state index is 9.08. The normalized spacial score (nSPS) is 17.8. The SMILES string of the molecule is CC(C)(CO)CC=C=C1CCCCC1. The van der Waals surface area contributed by atoms with Crippen LogP contribution in [0.5, 0.6) is 0 Å². The Kier molecular flexibility index (Phi) is 4.44. The number of aliphatic hydroxyl groups excluding tert-OH is 1. The fourth-order valence-corrected chi connectivity index (χ4v) is 1.66. The van der Waals surface area contributed by atoms with E-state index >= 15 is 0 Å². The predicted octanol–water partition coefficient (Wildman–Crippen LogP) is 3.44. The van der Waals surface area contributed by atoms with E-state index in [1.165, 1.54) is 37.7 Å². The van der Waals surface area contributed by atoms with E-state index in [9.17, 15) is 0 Å². The average Bonchev–Trinajstić information content (AvgIpc) is 2.19. The van der Waals surface area contributed by atoms with Crippen LogP contribution in [0.25, 0.3) is 0 Å². The molecule has 1 saturated carbocycles. The van der Waals surface area contributed by atoms with Gasteiger partial charge >= 0.3 is 0 Å². The van der Waals surface area contributed by atoms with Gasteiger partial charge < -0.3 is 5.11 Å². The molecule has 0 aromatic heterocycles. The molecule has 1 nitrogen and oxygen atoms in total. The Morgan fingerprint density at radius 3 is 2.50 bits per heavy atom. The molecule has 0 bridgehead atoms. The van der Waals surface area contributed by atoms with E-state index in [0.29, 0.717) is 0 Å². The lowest BCUT2D eigenvalue weighted by Gasteiger charge is -2.18. The van der Waals surface area contributed by atoms with Crippen molar-refractivity contribution in [1.29, 1.82) is 0 Å². The van der Waals surface area contributed by atoms with Crippen molar-refractivity contribution in [2.45, 2.75) is 52.4 Å². The molecule has 0 unspecified atom stereocenters. The summed E-state index contributed by atoms with van der Waals surface area (Å²) in [5.41, 5.74) is 4.89. The summed E-state index contributed by atoms with van der Waals surface area (Å²) in [5, 5.41) is 9.08. The number of hydrogen-bond donors (Lipinski definition) is 1. The highest BCUT2D eigenvalue weighted by atomic mass is 16.3. The van der Waals surface area contributed by atoms with Gasteiger partial charge in [-0.15, -0.1) is 5.73 Å². The van der Waals surface area contributed by atoms with E-state index in [2.05, 4.69) is 25.7 Å². The highest BCUT2D eigenvalue weighted by Crippen LogP contribution is 2.23. The molecule has 1 rings (SSSR count). The lowest BCUT2D eigenvalue weighted by atomic mass is 9.90. The fraction of sp³-hybridized carbons (Fsp3) is 0.769. The Morgan fingerprint density at radius 1 is 1.29 bits per heavy atom. The maximum absolute atomic E-state index is 9.08. The lowest BCUT2D eigenvalue weighted by Crippen LogP contribution is -2.14. The van der Waals surface area contributed by atoms with Crippen molar-refractivity contribution in [3.63, 3.8) is 0 Å². The Hall–Kier alpha value is -0.520. The zero-order chi connectivity index (χ0) is 10.4. The van der Waals surface area contributed by atoms with Crippen molar-refractivity contribution in [3.05, 3.63) is 17.4 Å². The van der Waals surface area contributed by atoms with Crippen LogP contribution in [0.1, 0.15) is 52.4 Å². The van der Waals surface area contributed by atoms with Gasteiger partial charge in [-0.3, -0.25) is 0 Å². The second kappa shape index (κ2) is 5.38. The molecule has 1 N–H and O–H groups in total. The van der Waals surface area contributed by atoms with Crippen LogP contribution in [-0.2, 0) is 0 Å². The molecular formula is C13H22O. The summed E-state index contributed by atoms with van der Waals surface area (Å²) in [6.45, 7) is 4.41. The van der Waals surface area contributed by atoms with Crippen molar-refractivity contribution >= 4 is 0 Å². The van der Waals surface area contributed by atoms with E-state index < -0.39 is 0 Å². The molecule has 0 atom stereocenters. The molecule has 0 heterocycles. The fourth-order valence-electron chi connectivity index (χ4n) is 1.66. The lowest BCUT2D eigenvalue weighted by molar-refractivity contribution is 0.162. The first-order chi connectivity index (χ1) is 6.64. The Balaban J connectivity index is 2.45. The van der Waals surface area contributed by atoms with Crippen LogP contribution in [-0.4, -0.2) is 11.7 Å². The molecule has 1 aliphatic rings. The largest absolute Gasteiger partial charge is 0.396 e. The molecule has 0 spiro atoms. The van der Waals surface area contributed by atoms with Gasteiger partial charge in [0.05, 0.1) is 0 Å². The van der Waals surface area contributed by atoms with Crippen molar-refractivity contribution in [3.8, 4) is 0 Å². The van der Waals surface area contributed by atoms with Crippen molar-refractivity contribution in [2.75, 3.05) is 6.61 Å². The third-order valence-electron chi connectivity index (χ3n) is 2.85. The highest BCUT2D eigenvalue weighted by molar-refractivity contribution is 5.04. The maximum Gasteiger partial charge on any atom is 0.0485 e. The zero-order valence-corrected chi connectivity index (χ0v) is 9.47. The summed E-state index contributed by atoms with van der Waals surface area (Å²) >= 11 is 0. The van der Waals surface area contributed by atoms with Crippen LogP contribution >= 0.6 is 0 Å². The van der Waals surface area contributed by atoms with Crippen LogP contribution in [0.15, 0.2) is 17.4 Å². The van der Waals surface area contributed by atoms with Crippen LogP contribution in [0.4, 0.5) is 0 Å². The third kappa shape index (κ3) is 4.13. The molecule has 1 aliphatic carbocycles. The first kappa shape index (κ1) is 11.6.